The summed E-state index contributed by atoms with van der Waals surface area (Å²) >= 11 is 0. The van der Waals surface area contributed by atoms with Gasteiger partial charge in [-0.1, -0.05) is 27.2 Å². The lowest BCUT2D eigenvalue weighted by Gasteiger charge is -2.37. The van der Waals surface area contributed by atoms with Crippen LogP contribution in [0.15, 0.2) is 0 Å². The largest absolute Gasteiger partial charge is 0.310 e. The van der Waals surface area contributed by atoms with Crippen molar-refractivity contribution in [3.8, 4) is 12.3 Å². The van der Waals surface area contributed by atoms with Gasteiger partial charge < -0.3 is 5.32 Å². The molecule has 4 unspecified atom stereocenters. The van der Waals surface area contributed by atoms with Crippen LogP contribution in [0.1, 0.15) is 59.3 Å². The highest BCUT2D eigenvalue weighted by molar-refractivity contribution is 4.92. The molecule has 0 saturated heterocycles. The van der Waals surface area contributed by atoms with E-state index < -0.39 is 0 Å². The molecule has 92 valence electrons. The number of hydrogen-bond donors (Lipinski definition) is 1. The minimum atomic E-state index is 0.525. The van der Waals surface area contributed by atoms with E-state index in [0.717, 1.165) is 24.7 Å². The summed E-state index contributed by atoms with van der Waals surface area (Å²) in [5, 5.41) is 3.79. The van der Waals surface area contributed by atoms with Crippen molar-refractivity contribution < 1.29 is 0 Å². The van der Waals surface area contributed by atoms with Gasteiger partial charge in [-0.25, -0.2) is 0 Å². The first kappa shape index (κ1) is 13.6. The molecular weight excluding hydrogens is 194 g/mol. The quantitative estimate of drug-likeness (QED) is 0.700. The molecule has 1 aliphatic rings. The van der Waals surface area contributed by atoms with Gasteiger partial charge in [-0.15, -0.1) is 12.3 Å². The van der Waals surface area contributed by atoms with Gasteiger partial charge in [0.25, 0.3) is 0 Å². The predicted molar refractivity (Wildman–Crippen MR) is 71.2 cm³/mol. The Morgan fingerprint density at radius 2 is 2.12 bits per heavy atom. The van der Waals surface area contributed by atoms with E-state index in [9.17, 15) is 0 Å². The average Bonchev–Trinajstić information content (AvgIpc) is 2.30. The standard InChI is InChI=1S/C15H27N/c1-5-8-14(7-3)16-15-10-9-12(4)11-13(15)6-2/h1,12-16H,6-11H2,2-4H3. The summed E-state index contributed by atoms with van der Waals surface area (Å²) in [7, 11) is 0. The van der Waals surface area contributed by atoms with Crippen molar-refractivity contribution in [2.75, 3.05) is 0 Å². The molecule has 0 aromatic rings. The SMILES string of the molecule is C#CCC(CC)NC1CCC(C)CC1CC. The fourth-order valence-corrected chi connectivity index (χ4v) is 2.94. The van der Waals surface area contributed by atoms with Gasteiger partial charge in [0, 0.05) is 18.5 Å². The van der Waals surface area contributed by atoms with Gasteiger partial charge in [-0.3, -0.25) is 0 Å². The van der Waals surface area contributed by atoms with Gasteiger partial charge in [-0.2, -0.15) is 0 Å². The van der Waals surface area contributed by atoms with Gasteiger partial charge in [0.05, 0.1) is 0 Å². The third-order valence-electron chi connectivity index (χ3n) is 4.08. The van der Waals surface area contributed by atoms with Crippen LogP contribution in [-0.4, -0.2) is 12.1 Å². The molecule has 1 heteroatoms. The zero-order valence-corrected chi connectivity index (χ0v) is 11.1. The van der Waals surface area contributed by atoms with Gasteiger partial charge in [0.15, 0.2) is 0 Å². The van der Waals surface area contributed by atoms with Crippen molar-refractivity contribution in [1.82, 2.24) is 5.32 Å². The lowest BCUT2D eigenvalue weighted by atomic mass is 9.77. The Hall–Kier alpha value is -0.480. The molecule has 4 atom stereocenters. The Balaban J connectivity index is 2.47. The summed E-state index contributed by atoms with van der Waals surface area (Å²) in [6, 6.07) is 1.23. The van der Waals surface area contributed by atoms with Crippen LogP contribution in [-0.2, 0) is 0 Å². The number of terminal acetylenes is 1. The molecule has 1 aliphatic carbocycles. The molecule has 16 heavy (non-hydrogen) atoms. The summed E-state index contributed by atoms with van der Waals surface area (Å²) < 4.78 is 0. The predicted octanol–water partition coefficient (Wildman–Crippen LogP) is 3.59. The summed E-state index contributed by atoms with van der Waals surface area (Å²) in [5.41, 5.74) is 0. The average molecular weight is 221 g/mol. The Morgan fingerprint density at radius 1 is 1.38 bits per heavy atom. The van der Waals surface area contributed by atoms with Crippen LogP contribution < -0.4 is 5.32 Å². The van der Waals surface area contributed by atoms with Crippen LogP contribution in [0.4, 0.5) is 0 Å². The Morgan fingerprint density at radius 3 is 2.69 bits per heavy atom. The maximum Gasteiger partial charge on any atom is 0.0240 e. The molecule has 1 nitrogen and oxygen atoms in total. The summed E-state index contributed by atoms with van der Waals surface area (Å²) in [6.45, 7) is 6.93. The van der Waals surface area contributed by atoms with E-state index in [1.165, 1.54) is 25.7 Å². The van der Waals surface area contributed by atoms with Gasteiger partial charge in [0.2, 0.25) is 0 Å². The Kier molecular flexibility index (Phi) is 5.91. The highest BCUT2D eigenvalue weighted by atomic mass is 15.0. The third-order valence-corrected chi connectivity index (χ3v) is 4.08. The van der Waals surface area contributed by atoms with Crippen LogP contribution in [0.5, 0.6) is 0 Å². The third kappa shape index (κ3) is 3.83. The van der Waals surface area contributed by atoms with E-state index in [0.29, 0.717) is 12.1 Å². The van der Waals surface area contributed by atoms with Crippen LogP contribution in [0, 0.1) is 24.2 Å². The summed E-state index contributed by atoms with van der Waals surface area (Å²) in [4.78, 5) is 0. The van der Waals surface area contributed by atoms with Gasteiger partial charge in [0.1, 0.15) is 0 Å². The van der Waals surface area contributed by atoms with Crippen molar-refractivity contribution in [2.24, 2.45) is 11.8 Å². The fraction of sp³-hybridized carbons (Fsp3) is 0.867. The molecule has 1 rings (SSSR count). The lowest BCUT2D eigenvalue weighted by molar-refractivity contribution is 0.193. The van der Waals surface area contributed by atoms with Crippen molar-refractivity contribution in [3.05, 3.63) is 0 Å². The Labute approximate surface area is 101 Å². The number of rotatable bonds is 5. The maximum atomic E-state index is 5.41. The van der Waals surface area contributed by atoms with Crippen molar-refractivity contribution in [3.63, 3.8) is 0 Å². The van der Waals surface area contributed by atoms with Gasteiger partial charge >= 0.3 is 0 Å². The van der Waals surface area contributed by atoms with Crippen LogP contribution >= 0.6 is 0 Å². The summed E-state index contributed by atoms with van der Waals surface area (Å²) in [6.07, 6.45) is 12.8. The highest BCUT2D eigenvalue weighted by Gasteiger charge is 2.28. The lowest BCUT2D eigenvalue weighted by Crippen LogP contribution is -2.45. The first-order valence-electron chi connectivity index (χ1n) is 6.90. The van der Waals surface area contributed by atoms with Crippen LogP contribution in [0.25, 0.3) is 0 Å². The molecule has 0 aromatic heterocycles. The molecular formula is C15H27N. The Bertz CT molecular complexity index is 228. The molecule has 1 fully saturated rings. The molecule has 1 N–H and O–H groups in total. The second-order valence-corrected chi connectivity index (χ2v) is 5.37. The van der Waals surface area contributed by atoms with E-state index in [4.69, 9.17) is 6.42 Å². The van der Waals surface area contributed by atoms with Crippen LogP contribution in [0.2, 0.25) is 0 Å². The highest BCUT2D eigenvalue weighted by Crippen LogP contribution is 2.31. The zero-order valence-electron chi connectivity index (χ0n) is 11.1. The molecule has 0 bridgehead atoms. The maximum absolute atomic E-state index is 5.41. The minimum Gasteiger partial charge on any atom is -0.310 e. The smallest absolute Gasteiger partial charge is 0.0240 e. The normalized spacial score (nSPS) is 32.0. The molecule has 0 aromatic carbocycles. The molecule has 0 aliphatic heterocycles. The number of nitrogens with one attached hydrogen (secondary N) is 1. The first-order chi connectivity index (χ1) is 7.71. The monoisotopic (exact) mass is 221 g/mol. The second kappa shape index (κ2) is 6.97. The van der Waals surface area contributed by atoms with Crippen LogP contribution in [0.3, 0.4) is 0 Å². The van der Waals surface area contributed by atoms with E-state index >= 15 is 0 Å². The van der Waals surface area contributed by atoms with Crippen molar-refractivity contribution >= 4 is 0 Å². The molecule has 0 amide bonds. The fourth-order valence-electron chi connectivity index (χ4n) is 2.94. The van der Waals surface area contributed by atoms with E-state index in [2.05, 4.69) is 32.0 Å². The summed E-state index contributed by atoms with van der Waals surface area (Å²) in [5.74, 6) is 4.56. The number of hydrogen-bond acceptors (Lipinski definition) is 1. The zero-order chi connectivity index (χ0) is 12.0. The van der Waals surface area contributed by atoms with E-state index in [-0.39, 0.29) is 0 Å². The molecule has 0 heterocycles. The molecule has 1 saturated carbocycles. The van der Waals surface area contributed by atoms with Crippen molar-refractivity contribution in [1.29, 1.82) is 0 Å². The molecule has 0 spiro atoms. The second-order valence-electron chi connectivity index (χ2n) is 5.37. The van der Waals surface area contributed by atoms with Gasteiger partial charge in [-0.05, 0) is 37.5 Å². The molecule has 0 radical (unpaired) electrons. The topological polar surface area (TPSA) is 12.0 Å². The van der Waals surface area contributed by atoms with Crippen molar-refractivity contribution in [2.45, 2.75) is 71.4 Å². The minimum absolute atomic E-state index is 0.525. The van der Waals surface area contributed by atoms with E-state index in [1.54, 1.807) is 0 Å². The first-order valence-corrected chi connectivity index (χ1v) is 6.90. The van der Waals surface area contributed by atoms with E-state index in [1.807, 2.05) is 0 Å².